The number of aromatic nitrogens is 1. The van der Waals surface area contributed by atoms with Crippen molar-refractivity contribution >= 4 is 41.6 Å². The first-order valence-corrected chi connectivity index (χ1v) is 9.03. The zero-order valence-electron chi connectivity index (χ0n) is 14.8. The van der Waals surface area contributed by atoms with Gasteiger partial charge >= 0.3 is 0 Å². The Bertz CT molecular complexity index is 731. The second-order valence-electron chi connectivity index (χ2n) is 7.30. The van der Waals surface area contributed by atoms with Crippen molar-refractivity contribution < 1.29 is 4.79 Å². The van der Waals surface area contributed by atoms with E-state index in [0.717, 1.165) is 35.6 Å². The molecule has 2 fully saturated rings. The first-order chi connectivity index (χ1) is 11.7. The second kappa shape index (κ2) is 9.09. The van der Waals surface area contributed by atoms with E-state index in [1.54, 1.807) is 0 Å². The Morgan fingerprint density at radius 2 is 2.04 bits per heavy atom. The summed E-state index contributed by atoms with van der Waals surface area (Å²) in [5.41, 5.74) is 8.33. The molecular weight excluding hydrogens is 371 g/mol. The summed E-state index contributed by atoms with van der Waals surface area (Å²) < 4.78 is 0. The summed E-state index contributed by atoms with van der Waals surface area (Å²) in [5, 5.41) is 4.21. The van der Waals surface area contributed by atoms with Gasteiger partial charge in [-0.3, -0.25) is 4.79 Å². The molecule has 1 amide bonds. The number of benzene rings is 1. The van der Waals surface area contributed by atoms with Crippen molar-refractivity contribution in [3.05, 3.63) is 36.0 Å². The average Bonchev–Trinajstić information content (AvgIpc) is 3.21. The number of aromatic amines is 1. The number of rotatable bonds is 6. The van der Waals surface area contributed by atoms with Gasteiger partial charge in [-0.25, -0.2) is 0 Å². The van der Waals surface area contributed by atoms with Crippen LogP contribution in [0.25, 0.3) is 10.9 Å². The molecule has 1 aliphatic carbocycles. The summed E-state index contributed by atoms with van der Waals surface area (Å²) in [4.78, 5) is 18.1. The van der Waals surface area contributed by atoms with Gasteiger partial charge in [-0.05, 0) is 49.8 Å². The maximum atomic E-state index is 12.3. The maximum Gasteiger partial charge on any atom is 0.237 e. The van der Waals surface area contributed by atoms with Crippen LogP contribution in [-0.4, -0.2) is 47.5 Å². The van der Waals surface area contributed by atoms with E-state index in [1.165, 1.54) is 25.8 Å². The van der Waals surface area contributed by atoms with Crippen molar-refractivity contribution in [1.82, 2.24) is 15.2 Å². The summed E-state index contributed by atoms with van der Waals surface area (Å²) in [7, 11) is 0. The third-order valence-electron chi connectivity index (χ3n) is 5.40. The number of para-hydroxylation sites is 1. The van der Waals surface area contributed by atoms with Crippen molar-refractivity contribution in [3.8, 4) is 0 Å². The topological polar surface area (TPSA) is 74.1 Å². The molecule has 1 saturated carbocycles. The van der Waals surface area contributed by atoms with Gasteiger partial charge in [0.1, 0.15) is 0 Å². The van der Waals surface area contributed by atoms with Crippen LogP contribution in [0, 0.1) is 5.92 Å². The zero-order valence-corrected chi connectivity index (χ0v) is 16.5. The summed E-state index contributed by atoms with van der Waals surface area (Å²) >= 11 is 0. The minimum Gasteiger partial charge on any atom is -0.361 e. The van der Waals surface area contributed by atoms with Crippen LogP contribution in [0.2, 0.25) is 0 Å². The molecule has 144 valence electrons. The molecular formula is C19H28Cl2N4O. The summed E-state index contributed by atoms with van der Waals surface area (Å²) in [6.45, 7) is 3.07. The lowest BCUT2D eigenvalue weighted by molar-refractivity contribution is -0.122. The largest absolute Gasteiger partial charge is 0.361 e. The van der Waals surface area contributed by atoms with Crippen LogP contribution in [0.4, 0.5) is 0 Å². The lowest BCUT2D eigenvalue weighted by atomic mass is 10.0. The third kappa shape index (κ3) is 4.71. The first kappa shape index (κ1) is 21.0. The van der Waals surface area contributed by atoms with Gasteiger partial charge in [-0.2, -0.15) is 0 Å². The van der Waals surface area contributed by atoms with E-state index >= 15 is 0 Å². The molecule has 5 nitrogen and oxygen atoms in total. The number of halogens is 2. The fourth-order valence-electron chi connectivity index (χ4n) is 3.81. The number of nitrogens with one attached hydrogen (secondary N) is 2. The number of H-pyrrole nitrogens is 1. The highest BCUT2D eigenvalue weighted by atomic mass is 35.5. The number of likely N-dealkylation sites (tertiary alicyclic amines) is 1. The van der Waals surface area contributed by atoms with Crippen LogP contribution in [0.1, 0.15) is 24.8 Å². The zero-order chi connectivity index (χ0) is 16.5. The SMILES string of the molecule is Cl.Cl.N[C@@H](Cc1c[nH]c2ccccc12)C(=O)NCC1CCN(C2CC2)C1. The van der Waals surface area contributed by atoms with Crippen molar-refractivity contribution in [3.63, 3.8) is 0 Å². The first-order valence-electron chi connectivity index (χ1n) is 9.03. The van der Waals surface area contributed by atoms with Gasteiger partial charge in [0.25, 0.3) is 0 Å². The van der Waals surface area contributed by atoms with Crippen LogP contribution in [0.3, 0.4) is 0 Å². The Kier molecular flexibility index (Phi) is 7.35. The number of fused-ring (bicyclic) bond motifs is 1. The number of carbonyl (C=O) groups is 1. The van der Waals surface area contributed by atoms with E-state index in [0.29, 0.717) is 12.3 Å². The molecule has 2 aliphatic rings. The molecule has 0 bridgehead atoms. The highest BCUT2D eigenvalue weighted by Crippen LogP contribution is 2.31. The van der Waals surface area contributed by atoms with Crippen LogP contribution < -0.4 is 11.1 Å². The molecule has 1 aromatic carbocycles. The summed E-state index contributed by atoms with van der Waals surface area (Å²) in [6, 6.07) is 8.45. The predicted molar refractivity (Wildman–Crippen MR) is 110 cm³/mol. The molecule has 1 aliphatic heterocycles. The highest BCUT2D eigenvalue weighted by Gasteiger charge is 2.34. The van der Waals surface area contributed by atoms with Gasteiger partial charge in [0, 0.05) is 36.2 Å². The third-order valence-corrected chi connectivity index (χ3v) is 5.40. The second-order valence-corrected chi connectivity index (χ2v) is 7.30. The molecule has 0 spiro atoms. The van der Waals surface area contributed by atoms with Crippen LogP contribution >= 0.6 is 24.8 Å². The van der Waals surface area contributed by atoms with Gasteiger partial charge < -0.3 is 20.9 Å². The molecule has 1 unspecified atom stereocenters. The number of nitrogens with two attached hydrogens (primary N) is 1. The van der Waals surface area contributed by atoms with E-state index in [4.69, 9.17) is 5.73 Å². The fraction of sp³-hybridized carbons (Fsp3) is 0.526. The van der Waals surface area contributed by atoms with Crippen molar-refractivity contribution in [2.75, 3.05) is 19.6 Å². The molecule has 4 rings (SSSR count). The Morgan fingerprint density at radius 1 is 1.27 bits per heavy atom. The van der Waals surface area contributed by atoms with Gasteiger partial charge in [-0.1, -0.05) is 18.2 Å². The van der Waals surface area contributed by atoms with Gasteiger partial charge in [-0.15, -0.1) is 24.8 Å². The average molecular weight is 399 g/mol. The molecule has 26 heavy (non-hydrogen) atoms. The standard InChI is InChI=1S/C19H26N4O.2ClH/c20-17(9-14-11-21-18-4-2-1-3-16(14)18)19(24)22-10-13-7-8-23(12-13)15-5-6-15;;/h1-4,11,13,15,17,21H,5-10,12,20H2,(H,22,24);2*1H/t13?,17-;;/m0../s1. The fourth-order valence-corrected chi connectivity index (χ4v) is 3.81. The smallest absolute Gasteiger partial charge is 0.237 e. The minimum atomic E-state index is -0.495. The minimum absolute atomic E-state index is 0. The summed E-state index contributed by atoms with van der Waals surface area (Å²) in [5.74, 6) is 0.542. The van der Waals surface area contributed by atoms with E-state index in [1.807, 2.05) is 24.4 Å². The van der Waals surface area contributed by atoms with E-state index in [-0.39, 0.29) is 30.7 Å². The van der Waals surface area contributed by atoms with Crippen LogP contribution in [0.15, 0.2) is 30.5 Å². The molecule has 0 radical (unpaired) electrons. The monoisotopic (exact) mass is 398 g/mol. The predicted octanol–water partition coefficient (Wildman–Crippen LogP) is 2.48. The molecule has 2 aromatic rings. The molecule has 1 saturated heterocycles. The number of carbonyl (C=O) groups excluding carboxylic acids is 1. The number of hydrogen-bond acceptors (Lipinski definition) is 3. The Labute approximate surface area is 166 Å². The molecule has 2 atom stereocenters. The Hall–Kier alpha value is -1.27. The van der Waals surface area contributed by atoms with Crippen LogP contribution in [0.5, 0.6) is 0 Å². The maximum absolute atomic E-state index is 12.3. The van der Waals surface area contributed by atoms with Crippen molar-refractivity contribution in [1.29, 1.82) is 0 Å². The van der Waals surface area contributed by atoms with Crippen molar-refractivity contribution in [2.24, 2.45) is 11.7 Å². The molecule has 7 heteroatoms. The lowest BCUT2D eigenvalue weighted by Gasteiger charge is -2.16. The van der Waals surface area contributed by atoms with Gasteiger partial charge in [0.2, 0.25) is 5.91 Å². The van der Waals surface area contributed by atoms with Gasteiger partial charge in [0.05, 0.1) is 6.04 Å². The number of amides is 1. The van der Waals surface area contributed by atoms with E-state index in [9.17, 15) is 4.79 Å². The quantitative estimate of drug-likeness (QED) is 0.699. The Balaban J connectivity index is 0.00000121. The molecule has 1 aromatic heterocycles. The number of hydrogen-bond donors (Lipinski definition) is 3. The van der Waals surface area contributed by atoms with E-state index < -0.39 is 6.04 Å². The van der Waals surface area contributed by atoms with Crippen LogP contribution in [-0.2, 0) is 11.2 Å². The lowest BCUT2D eigenvalue weighted by Crippen LogP contribution is -2.44. The van der Waals surface area contributed by atoms with E-state index in [2.05, 4.69) is 21.3 Å². The van der Waals surface area contributed by atoms with Crippen molar-refractivity contribution in [2.45, 2.75) is 37.8 Å². The highest BCUT2D eigenvalue weighted by molar-refractivity contribution is 5.86. The Morgan fingerprint density at radius 3 is 2.81 bits per heavy atom. The number of nitrogens with zero attached hydrogens (tertiary/aromatic N) is 1. The summed E-state index contributed by atoms with van der Waals surface area (Å²) in [6.07, 6.45) is 6.43. The van der Waals surface area contributed by atoms with Gasteiger partial charge in [0.15, 0.2) is 0 Å². The normalized spacial score (nSPS) is 21.0. The molecule has 2 heterocycles. The molecule has 4 N–H and O–H groups in total.